The van der Waals surface area contributed by atoms with Gasteiger partial charge in [0.25, 0.3) is 16.6 Å². The zero-order chi connectivity index (χ0) is 29.3. The number of ether oxygens (including phenoxy) is 1. The first-order valence-corrected chi connectivity index (χ1v) is 14.7. The zero-order valence-electron chi connectivity index (χ0n) is 23.1. The highest BCUT2D eigenvalue weighted by molar-refractivity contribution is 7.86. The molecule has 222 valence electrons. The van der Waals surface area contributed by atoms with Crippen molar-refractivity contribution in [2.45, 2.75) is 19.4 Å². The summed E-state index contributed by atoms with van der Waals surface area (Å²) in [6.07, 6.45) is -2.85. The minimum Gasteiger partial charge on any atom is -0.378 e. The van der Waals surface area contributed by atoms with E-state index < -0.39 is 28.5 Å². The van der Waals surface area contributed by atoms with Gasteiger partial charge in [0.2, 0.25) is 11.9 Å². The molecule has 16 heteroatoms. The number of carbonyl (C=O) groups excluding carboxylic acids is 1. The number of nitrogens with one attached hydrogen (secondary N) is 1. The molecule has 0 saturated carbocycles. The van der Waals surface area contributed by atoms with E-state index in [1.54, 1.807) is 42.2 Å². The van der Waals surface area contributed by atoms with Gasteiger partial charge in [-0.15, -0.1) is 0 Å². The number of imidazole rings is 1. The maximum Gasteiger partial charge on any atom is 0.296 e. The van der Waals surface area contributed by atoms with Crippen LogP contribution < -0.4 is 10.2 Å². The maximum atomic E-state index is 14.1. The van der Waals surface area contributed by atoms with Gasteiger partial charge in [0, 0.05) is 59.4 Å². The van der Waals surface area contributed by atoms with Crippen LogP contribution in [0.5, 0.6) is 0 Å². The largest absolute Gasteiger partial charge is 0.378 e. The van der Waals surface area contributed by atoms with E-state index in [0.717, 1.165) is 4.31 Å². The molecule has 2 fully saturated rings. The lowest BCUT2D eigenvalue weighted by Crippen LogP contribution is -2.55. The number of fused-ring (bicyclic) bond motifs is 1. The first-order chi connectivity index (χ1) is 19.6. The number of morpholine rings is 1. The first kappa shape index (κ1) is 29.0. The van der Waals surface area contributed by atoms with E-state index in [1.807, 2.05) is 4.90 Å². The fraction of sp³-hybridized carbons (Fsp3) is 0.520. The Bertz CT molecular complexity index is 1500. The van der Waals surface area contributed by atoms with E-state index in [9.17, 15) is 22.0 Å². The van der Waals surface area contributed by atoms with Crippen LogP contribution in [0.3, 0.4) is 0 Å². The molecule has 0 spiro atoms. The number of carbonyl (C=O) groups is 1. The molecule has 5 rings (SSSR count). The number of piperazine rings is 1. The molecule has 41 heavy (non-hydrogen) atoms. The van der Waals surface area contributed by atoms with E-state index in [4.69, 9.17) is 4.74 Å². The summed E-state index contributed by atoms with van der Waals surface area (Å²) in [7, 11) is -0.632. The Morgan fingerprint density at radius 1 is 1.00 bits per heavy atom. The number of benzene rings is 1. The molecule has 1 N–H and O–H groups in total. The fourth-order valence-electron chi connectivity index (χ4n) is 4.89. The summed E-state index contributed by atoms with van der Waals surface area (Å²) in [6.45, 7) is 4.56. The minimum absolute atomic E-state index is 0.0941. The van der Waals surface area contributed by atoms with Gasteiger partial charge in [-0.1, -0.05) is 12.1 Å². The lowest BCUT2D eigenvalue weighted by atomic mass is 10.2. The predicted octanol–water partition coefficient (Wildman–Crippen LogP) is 1.34. The predicted molar refractivity (Wildman–Crippen MR) is 148 cm³/mol. The molecule has 2 aliphatic rings. The molecule has 2 aliphatic heterocycles. The van der Waals surface area contributed by atoms with Crippen LogP contribution in [0.1, 0.15) is 19.2 Å². The second-order valence-electron chi connectivity index (χ2n) is 9.98. The molecule has 0 radical (unpaired) electrons. The van der Waals surface area contributed by atoms with Crippen molar-refractivity contribution in [2.24, 2.45) is 0 Å². The number of rotatable bonds is 8. The number of halogens is 2. The lowest BCUT2D eigenvalue weighted by molar-refractivity contribution is -0.132. The summed E-state index contributed by atoms with van der Waals surface area (Å²) in [4.78, 5) is 30.1. The summed E-state index contributed by atoms with van der Waals surface area (Å²) in [6, 6.07) is 7.68. The third-order valence-electron chi connectivity index (χ3n) is 7.10. The standard InChI is InChI=1S/C25H33F2N9O4S/c1-17(24(37)34-8-10-35(11-9-34)41(38,39)32(2)3)28-25-30-20(33-12-14-40-15-13-33)16-21(31-25)36-19-7-5-4-6-18(19)29-23(36)22(26)27/h4-7,16-17,22H,8-15H2,1-3H3,(H,28,30,31)/t17-/m0/s1. The molecule has 1 atom stereocenters. The summed E-state index contributed by atoms with van der Waals surface area (Å²) in [5.74, 6) is 0.0846. The Morgan fingerprint density at radius 3 is 2.32 bits per heavy atom. The molecular weight excluding hydrogens is 560 g/mol. The summed E-state index contributed by atoms with van der Waals surface area (Å²) >= 11 is 0. The molecule has 0 aliphatic carbocycles. The number of alkyl halides is 2. The van der Waals surface area contributed by atoms with Crippen LogP contribution in [0, 0.1) is 0 Å². The van der Waals surface area contributed by atoms with E-state index in [1.165, 1.54) is 23.0 Å². The van der Waals surface area contributed by atoms with Crippen molar-refractivity contribution in [2.75, 3.05) is 76.8 Å². The third-order valence-corrected chi connectivity index (χ3v) is 9.04. The van der Waals surface area contributed by atoms with Crippen molar-refractivity contribution in [3.63, 3.8) is 0 Å². The van der Waals surface area contributed by atoms with E-state index in [-0.39, 0.29) is 43.9 Å². The second kappa shape index (κ2) is 11.8. The van der Waals surface area contributed by atoms with Gasteiger partial charge in [-0.05, 0) is 19.1 Å². The Labute approximate surface area is 236 Å². The van der Waals surface area contributed by atoms with Crippen molar-refractivity contribution in [1.82, 2.24) is 33.0 Å². The highest BCUT2D eigenvalue weighted by Gasteiger charge is 2.32. The lowest BCUT2D eigenvalue weighted by Gasteiger charge is -2.36. The molecule has 3 aromatic rings. The van der Waals surface area contributed by atoms with Gasteiger partial charge in [0.1, 0.15) is 17.7 Å². The minimum atomic E-state index is -3.57. The number of hydrogen-bond acceptors (Lipinski definition) is 9. The van der Waals surface area contributed by atoms with Crippen LogP contribution in [0.4, 0.5) is 20.5 Å². The summed E-state index contributed by atoms with van der Waals surface area (Å²) in [5.41, 5.74) is 0.873. The van der Waals surface area contributed by atoms with Crippen LogP contribution >= 0.6 is 0 Å². The van der Waals surface area contributed by atoms with Gasteiger partial charge in [-0.25, -0.2) is 13.8 Å². The number of hydrogen-bond donors (Lipinski definition) is 1. The van der Waals surface area contributed by atoms with Crippen molar-refractivity contribution < 1.29 is 26.7 Å². The van der Waals surface area contributed by atoms with Crippen LogP contribution in [0.15, 0.2) is 30.3 Å². The highest BCUT2D eigenvalue weighted by atomic mass is 32.2. The summed E-state index contributed by atoms with van der Waals surface area (Å²) < 4.78 is 62.3. The van der Waals surface area contributed by atoms with E-state index in [2.05, 4.69) is 20.3 Å². The van der Waals surface area contributed by atoms with Gasteiger partial charge in [-0.3, -0.25) is 9.36 Å². The second-order valence-corrected chi connectivity index (χ2v) is 12.1. The van der Waals surface area contributed by atoms with Crippen molar-refractivity contribution >= 4 is 38.9 Å². The van der Waals surface area contributed by atoms with Gasteiger partial charge in [-0.2, -0.15) is 27.0 Å². The van der Waals surface area contributed by atoms with Gasteiger partial charge >= 0.3 is 0 Å². The van der Waals surface area contributed by atoms with Crippen molar-refractivity contribution in [3.8, 4) is 5.82 Å². The van der Waals surface area contributed by atoms with E-state index >= 15 is 0 Å². The molecule has 0 bridgehead atoms. The topological polar surface area (TPSA) is 129 Å². The molecule has 2 aromatic heterocycles. The first-order valence-electron chi connectivity index (χ1n) is 13.3. The Balaban J connectivity index is 1.43. The van der Waals surface area contributed by atoms with Crippen molar-refractivity contribution in [1.29, 1.82) is 0 Å². The summed E-state index contributed by atoms with van der Waals surface area (Å²) in [5, 5.41) is 3.04. The normalized spacial score (nSPS) is 17.9. The Hall–Kier alpha value is -3.47. The van der Waals surface area contributed by atoms with Crippen LogP contribution in [0.2, 0.25) is 0 Å². The molecule has 2 saturated heterocycles. The van der Waals surface area contributed by atoms with Gasteiger partial charge in [0.15, 0.2) is 5.82 Å². The zero-order valence-corrected chi connectivity index (χ0v) is 23.9. The smallest absolute Gasteiger partial charge is 0.296 e. The fourth-order valence-corrected chi connectivity index (χ4v) is 5.97. The highest BCUT2D eigenvalue weighted by Crippen LogP contribution is 2.29. The number of nitrogens with zero attached hydrogens (tertiary/aromatic N) is 8. The average molecular weight is 594 g/mol. The van der Waals surface area contributed by atoms with Crippen molar-refractivity contribution in [3.05, 3.63) is 36.2 Å². The maximum absolute atomic E-state index is 14.1. The average Bonchev–Trinajstić information content (AvgIpc) is 3.37. The molecule has 0 unspecified atom stereocenters. The van der Waals surface area contributed by atoms with E-state index in [0.29, 0.717) is 43.2 Å². The third kappa shape index (κ3) is 5.95. The number of para-hydroxylation sites is 2. The SMILES string of the molecule is C[C@H](Nc1nc(N2CCOCC2)cc(-n2c(C(F)F)nc3ccccc32)n1)C(=O)N1CCN(S(=O)(=O)N(C)C)CC1. The molecule has 4 heterocycles. The van der Waals surface area contributed by atoms with Gasteiger partial charge in [0.05, 0.1) is 24.2 Å². The van der Waals surface area contributed by atoms with Crippen LogP contribution in [0.25, 0.3) is 16.9 Å². The molecule has 13 nitrogen and oxygen atoms in total. The van der Waals surface area contributed by atoms with Crippen LogP contribution in [-0.2, 0) is 19.7 Å². The number of anilines is 2. The molecule has 1 amide bonds. The quantitative estimate of drug-likeness (QED) is 0.411. The monoisotopic (exact) mass is 593 g/mol. The van der Waals surface area contributed by atoms with Gasteiger partial charge < -0.3 is 19.9 Å². The number of aromatic nitrogens is 4. The molecule has 1 aromatic carbocycles. The Morgan fingerprint density at radius 2 is 1.66 bits per heavy atom. The Kier molecular flexibility index (Phi) is 8.35. The number of amides is 1. The molecular formula is C25H33F2N9O4S. The van der Waals surface area contributed by atoms with Crippen LogP contribution in [-0.4, -0.2) is 120 Å².